The smallest absolute Gasteiger partial charge is 0.243 e. The Morgan fingerprint density at radius 1 is 1.24 bits per heavy atom. The third kappa shape index (κ3) is 4.08. The van der Waals surface area contributed by atoms with E-state index < -0.39 is 0 Å². The van der Waals surface area contributed by atoms with E-state index in [4.69, 9.17) is 0 Å². The van der Waals surface area contributed by atoms with Crippen molar-refractivity contribution >= 4 is 23.2 Å². The number of fused-ring (bicyclic) bond motifs is 1. The van der Waals surface area contributed by atoms with Gasteiger partial charge in [0.2, 0.25) is 11.8 Å². The number of rotatable bonds is 6. The maximum Gasteiger partial charge on any atom is 0.243 e. The van der Waals surface area contributed by atoms with Crippen LogP contribution in [0.4, 0.5) is 4.39 Å². The Morgan fingerprint density at radius 2 is 1.97 bits per heavy atom. The number of amides is 2. The molecule has 4 nitrogen and oxygen atoms in total. The van der Waals surface area contributed by atoms with E-state index in [1.807, 2.05) is 18.7 Å². The Labute approximate surface area is 175 Å². The molecule has 2 atom stereocenters. The van der Waals surface area contributed by atoms with Crippen LogP contribution in [0.1, 0.15) is 55.2 Å². The molecule has 2 heterocycles. The largest absolute Gasteiger partial charge is 0.330 e. The lowest BCUT2D eigenvalue weighted by molar-refractivity contribution is -0.144. The Balaban J connectivity index is 1.61. The van der Waals surface area contributed by atoms with Crippen LogP contribution in [-0.2, 0) is 16.0 Å². The van der Waals surface area contributed by atoms with Crippen LogP contribution in [0.2, 0.25) is 0 Å². The zero-order valence-corrected chi connectivity index (χ0v) is 17.8. The first-order chi connectivity index (χ1) is 14.0. The van der Waals surface area contributed by atoms with E-state index in [1.165, 1.54) is 17.0 Å². The van der Waals surface area contributed by atoms with Crippen molar-refractivity contribution in [2.75, 3.05) is 13.1 Å². The highest BCUT2D eigenvalue weighted by atomic mass is 32.1. The van der Waals surface area contributed by atoms with Crippen LogP contribution in [0.3, 0.4) is 0 Å². The molecular formula is C23H27FN2O2S. The van der Waals surface area contributed by atoms with Crippen molar-refractivity contribution in [3.8, 4) is 0 Å². The quantitative estimate of drug-likeness (QED) is 0.703. The van der Waals surface area contributed by atoms with Gasteiger partial charge in [0.1, 0.15) is 12.4 Å². The summed E-state index contributed by atoms with van der Waals surface area (Å²) >= 11 is 1.70. The van der Waals surface area contributed by atoms with Gasteiger partial charge in [-0.05, 0) is 67.3 Å². The molecule has 0 saturated heterocycles. The topological polar surface area (TPSA) is 40.6 Å². The average molecular weight is 415 g/mol. The summed E-state index contributed by atoms with van der Waals surface area (Å²) in [7, 11) is 0. The fourth-order valence-electron chi connectivity index (χ4n) is 4.06. The molecule has 0 unspecified atom stereocenters. The monoisotopic (exact) mass is 414 g/mol. The fraction of sp³-hybridized carbons (Fsp3) is 0.478. The van der Waals surface area contributed by atoms with Crippen LogP contribution in [0, 0.1) is 11.7 Å². The van der Waals surface area contributed by atoms with Crippen molar-refractivity contribution in [2.24, 2.45) is 5.92 Å². The number of halogens is 1. The van der Waals surface area contributed by atoms with Crippen molar-refractivity contribution in [1.82, 2.24) is 9.80 Å². The van der Waals surface area contributed by atoms with Gasteiger partial charge in [-0.25, -0.2) is 4.39 Å². The molecule has 29 heavy (non-hydrogen) atoms. The molecular weight excluding hydrogens is 387 g/mol. The Bertz CT molecular complexity index is 891. The van der Waals surface area contributed by atoms with Gasteiger partial charge < -0.3 is 9.80 Å². The summed E-state index contributed by atoms with van der Waals surface area (Å²) in [6.45, 7) is 4.78. The van der Waals surface area contributed by atoms with Crippen LogP contribution in [0.15, 0.2) is 35.7 Å². The van der Waals surface area contributed by atoms with Crippen LogP contribution >= 0.6 is 11.3 Å². The summed E-state index contributed by atoms with van der Waals surface area (Å²) < 4.78 is 13.5. The highest BCUT2D eigenvalue weighted by Crippen LogP contribution is 2.38. The predicted octanol–water partition coefficient (Wildman–Crippen LogP) is 4.40. The summed E-state index contributed by atoms with van der Waals surface area (Å²) in [5.41, 5.74) is 2.02. The van der Waals surface area contributed by atoms with Gasteiger partial charge in [0.25, 0.3) is 0 Å². The average Bonchev–Trinajstić information content (AvgIpc) is 3.47. The number of nitrogens with zero attached hydrogens (tertiary/aromatic N) is 2. The number of hydrogen-bond acceptors (Lipinski definition) is 3. The van der Waals surface area contributed by atoms with Gasteiger partial charge in [0, 0.05) is 23.4 Å². The molecule has 0 N–H and O–H groups in total. The van der Waals surface area contributed by atoms with E-state index in [1.54, 1.807) is 28.4 Å². The first-order valence-corrected chi connectivity index (χ1v) is 11.3. The van der Waals surface area contributed by atoms with Gasteiger partial charge in [0.05, 0.1) is 6.04 Å². The maximum absolute atomic E-state index is 13.5. The standard InChI is InChI=1S/C23H27FN2O2S/c1-3-15(2)26(23(28)17-4-5-17)14-21(27)25-12-10-20-19(11-13-29-20)22(25)16-6-8-18(24)9-7-16/h6-9,11,13,15,17,22H,3-5,10,12,14H2,1-2H3/t15-,22-/m0/s1. The molecule has 154 valence electrons. The van der Waals surface area contributed by atoms with E-state index in [2.05, 4.69) is 11.4 Å². The summed E-state index contributed by atoms with van der Waals surface area (Å²) in [5.74, 6) is -0.120. The van der Waals surface area contributed by atoms with E-state index in [9.17, 15) is 14.0 Å². The second kappa shape index (κ2) is 8.27. The van der Waals surface area contributed by atoms with Crippen molar-refractivity contribution < 1.29 is 14.0 Å². The van der Waals surface area contributed by atoms with Crippen molar-refractivity contribution in [2.45, 2.75) is 51.6 Å². The maximum atomic E-state index is 13.5. The van der Waals surface area contributed by atoms with Gasteiger partial charge in [-0.1, -0.05) is 19.1 Å². The van der Waals surface area contributed by atoms with Gasteiger partial charge >= 0.3 is 0 Å². The zero-order valence-electron chi connectivity index (χ0n) is 16.9. The number of thiophene rings is 1. The molecule has 2 amide bonds. The SMILES string of the molecule is CC[C@H](C)N(CC(=O)N1CCc2sccc2[C@@H]1c1ccc(F)cc1)C(=O)C1CC1. The minimum Gasteiger partial charge on any atom is -0.330 e. The van der Waals surface area contributed by atoms with Crippen molar-refractivity contribution in [1.29, 1.82) is 0 Å². The third-order valence-electron chi connectivity index (χ3n) is 6.11. The minimum absolute atomic E-state index is 0.0366. The first kappa shape index (κ1) is 20.1. The van der Waals surface area contributed by atoms with Crippen LogP contribution in [0.5, 0.6) is 0 Å². The van der Waals surface area contributed by atoms with Gasteiger partial charge in [-0.15, -0.1) is 11.3 Å². The third-order valence-corrected chi connectivity index (χ3v) is 7.11. The number of carbonyl (C=O) groups is 2. The molecule has 1 aliphatic heterocycles. The molecule has 1 fully saturated rings. The Kier molecular flexibility index (Phi) is 5.72. The van der Waals surface area contributed by atoms with Crippen molar-refractivity contribution in [3.05, 3.63) is 57.5 Å². The predicted molar refractivity (Wildman–Crippen MR) is 112 cm³/mol. The fourth-order valence-corrected chi connectivity index (χ4v) is 4.97. The summed E-state index contributed by atoms with van der Waals surface area (Å²) in [6, 6.07) is 8.28. The highest BCUT2D eigenvalue weighted by Gasteiger charge is 2.38. The van der Waals surface area contributed by atoms with E-state index in [-0.39, 0.29) is 42.2 Å². The lowest BCUT2D eigenvalue weighted by atomic mass is 9.93. The van der Waals surface area contributed by atoms with Gasteiger partial charge in [-0.3, -0.25) is 9.59 Å². The Hall–Kier alpha value is -2.21. The van der Waals surface area contributed by atoms with Crippen molar-refractivity contribution in [3.63, 3.8) is 0 Å². The molecule has 2 aliphatic rings. The molecule has 1 aromatic carbocycles. The first-order valence-electron chi connectivity index (χ1n) is 10.4. The van der Waals surface area contributed by atoms with Gasteiger partial charge in [-0.2, -0.15) is 0 Å². The second-order valence-corrected chi connectivity index (χ2v) is 9.09. The van der Waals surface area contributed by atoms with Gasteiger partial charge in [0.15, 0.2) is 0 Å². The lowest BCUT2D eigenvalue weighted by Crippen LogP contribution is -2.49. The molecule has 1 aromatic heterocycles. The molecule has 0 spiro atoms. The van der Waals surface area contributed by atoms with Crippen LogP contribution in [0.25, 0.3) is 0 Å². The van der Waals surface area contributed by atoms with Crippen LogP contribution in [-0.4, -0.2) is 40.7 Å². The number of hydrogen-bond donors (Lipinski definition) is 0. The number of benzene rings is 1. The van der Waals surface area contributed by atoms with E-state index >= 15 is 0 Å². The Morgan fingerprint density at radius 3 is 2.62 bits per heavy atom. The molecule has 1 saturated carbocycles. The molecule has 0 bridgehead atoms. The summed E-state index contributed by atoms with van der Waals surface area (Å²) in [4.78, 5) is 31.1. The van der Waals surface area contributed by atoms with Crippen LogP contribution < -0.4 is 0 Å². The second-order valence-electron chi connectivity index (χ2n) is 8.09. The molecule has 0 radical (unpaired) electrons. The molecule has 6 heteroatoms. The van der Waals surface area contributed by atoms with E-state index in [0.717, 1.165) is 36.8 Å². The minimum atomic E-state index is -0.286. The normalized spacial score (nSPS) is 19.6. The molecule has 1 aliphatic carbocycles. The lowest BCUT2D eigenvalue weighted by Gasteiger charge is -2.38. The highest BCUT2D eigenvalue weighted by molar-refractivity contribution is 7.10. The van der Waals surface area contributed by atoms with E-state index in [0.29, 0.717) is 6.54 Å². The summed E-state index contributed by atoms with van der Waals surface area (Å²) in [6.07, 6.45) is 3.50. The summed E-state index contributed by atoms with van der Waals surface area (Å²) in [5, 5.41) is 2.05. The molecule has 4 rings (SSSR count). The number of carbonyl (C=O) groups excluding carboxylic acids is 2. The molecule has 2 aromatic rings. The zero-order chi connectivity index (χ0) is 20.5.